The summed E-state index contributed by atoms with van der Waals surface area (Å²) >= 11 is 0. The summed E-state index contributed by atoms with van der Waals surface area (Å²) in [5.74, 6) is 2.60. The molecule has 1 fully saturated rings. The van der Waals surface area contributed by atoms with E-state index in [1.165, 1.54) is 17.5 Å². The van der Waals surface area contributed by atoms with Crippen molar-refractivity contribution in [3.05, 3.63) is 77.4 Å². The van der Waals surface area contributed by atoms with Gasteiger partial charge in [-0.05, 0) is 72.3 Å². The van der Waals surface area contributed by atoms with Gasteiger partial charge >= 0.3 is 0 Å². The third-order valence-corrected chi connectivity index (χ3v) is 7.81. The van der Waals surface area contributed by atoms with Gasteiger partial charge < -0.3 is 9.84 Å². The summed E-state index contributed by atoms with van der Waals surface area (Å²) < 4.78 is 5.43. The molecular formula is C25H28O2. The van der Waals surface area contributed by atoms with Crippen LogP contribution in [0.25, 0.3) is 0 Å². The molecule has 3 aliphatic carbocycles. The molecule has 140 valence electrons. The maximum Gasteiger partial charge on any atom is 0.119 e. The number of benzene rings is 2. The third-order valence-electron chi connectivity index (χ3n) is 7.81. The van der Waals surface area contributed by atoms with E-state index in [-0.39, 0.29) is 5.41 Å². The molecule has 4 unspecified atom stereocenters. The van der Waals surface area contributed by atoms with Crippen molar-refractivity contribution in [1.82, 2.24) is 0 Å². The first-order valence-electron chi connectivity index (χ1n) is 10.2. The Hall–Kier alpha value is -2.06. The minimum absolute atomic E-state index is 0.126. The van der Waals surface area contributed by atoms with Crippen molar-refractivity contribution < 1.29 is 9.84 Å². The van der Waals surface area contributed by atoms with Crippen molar-refractivity contribution >= 4 is 0 Å². The number of ether oxygens (including phenoxy) is 1. The molecule has 5 rings (SSSR count). The van der Waals surface area contributed by atoms with Gasteiger partial charge in [0.15, 0.2) is 0 Å². The Morgan fingerprint density at radius 2 is 1.89 bits per heavy atom. The minimum Gasteiger partial charge on any atom is -0.497 e. The van der Waals surface area contributed by atoms with Gasteiger partial charge in [0.25, 0.3) is 0 Å². The van der Waals surface area contributed by atoms with Crippen LogP contribution < -0.4 is 4.74 Å². The highest BCUT2D eigenvalue weighted by molar-refractivity contribution is 5.43. The molecule has 0 bridgehead atoms. The summed E-state index contributed by atoms with van der Waals surface area (Å²) in [5, 5.41) is 11.8. The van der Waals surface area contributed by atoms with Gasteiger partial charge in [-0.25, -0.2) is 0 Å². The lowest BCUT2D eigenvalue weighted by atomic mass is 9.52. The number of rotatable bonds is 2. The van der Waals surface area contributed by atoms with Crippen molar-refractivity contribution in [2.45, 2.75) is 44.1 Å². The van der Waals surface area contributed by atoms with Crippen molar-refractivity contribution in [2.24, 2.45) is 17.3 Å². The number of hydrogen-bond donors (Lipinski definition) is 1. The monoisotopic (exact) mass is 360 g/mol. The van der Waals surface area contributed by atoms with Crippen LogP contribution in [0.4, 0.5) is 0 Å². The molecular weight excluding hydrogens is 332 g/mol. The van der Waals surface area contributed by atoms with E-state index >= 15 is 0 Å². The molecule has 27 heavy (non-hydrogen) atoms. The number of fused-ring (bicyclic) bond motifs is 5. The molecule has 2 aromatic carbocycles. The van der Waals surface area contributed by atoms with Crippen molar-refractivity contribution in [2.75, 3.05) is 7.11 Å². The standard InChI is InChI=1S/C25H28O2/c1-24-14-12-21-20-11-9-19(27-2)16-17(20)8-10-22(21)23(24)13-15-25(24,26)18-6-4-3-5-7-18/h3-7,9,11,13,15-16,21-23,26H,8,10,12,14H2,1-2H3/t21?,22?,23?,24?,25-/m1/s1. The molecule has 1 saturated carbocycles. The molecule has 0 amide bonds. The van der Waals surface area contributed by atoms with Crippen molar-refractivity contribution in [3.8, 4) is 5.75 Å². The van der Waals surface area contributed by atoms with Gasteiger partial charge in [0, 0.05) is 5.41 Å². The largest absolute Gasteiger partial charge is 0.497 e. The Morgan fingerprint density at radius 1 is 1.07 bits per heavy atom. The van der Waals surface area contributed by atoms with E-state index in [9.17, 15) is 5.11 Å². The van der Waals surface area contributed by atoms with Crippen LogP contribution in [0.1, 0.15) is 48.8 Å². The van der Waals surface area contributed by atoms with E-state index in [1.807, 2.05) is 18.2 Å². The zero-order chi connectivity index (χ0) is 18.6. The van der Waals surface area contributed by atoms with Gasteiger partial charge in [-0.3, -0.25) is 0 Å². The van der Waals surface area contributed by atoms with Crippen LogP contribution in [0.3, 0.4) is 0 Å². The zero-order valence-electron chi connectivity index (χ0n) is 16.2. The van der Waals surface area contributed by atoms with Crippen LogP contribution >= 0.6 is 0 Å². The van der Waals surface area contributed by atoms with Crippen LogP contribution in [-0.4, -0.2) is 12.2 Å². The van der Waals surface area contributed by atoms with Crippen LogP contribution in [0.2, 0.25) is 0 Å². The summed E-state index contributed by atoms with van der Waals surface area (Å²) in [5.41, 5.74) is 3.02. The fourth-order valence-corrected chi connectivity index (χ4v) is 6.29. The molecule has 2 aromatic rings. The second kappa shape index (κ2) is 5.97. The fourth-order valence-electron chi connectivity index (χ4n) is 6.29. The predicted molar refractivity (Wildman–Crippen MR) is 108 cm³/mol. The van der Waals surface area contributed by atoms with Crippen LogP contribution in [0, 0.1) is 17.3 Å². The summed E-state index contributed by atoms with van der Waals surface area (Å²) in [6, 6.07) is 16.9. The first-order chi connectivity index (χ1) is 13.1. The SMILES string of the molecule is COc1ccc2c(c1)CCC1C2CCC2(C)C1C=C[C@@]2(O)c1ccccc1. The highest BCUT2D eigenvalue weighted by Gasteiger charge is 2.59. The second-order valence-electron chi connectivity index (χ2n) is 8.85. The van der Waals surface area contributed by atoms with Gasteiger partial charge in [0.2, 0.25) is 0 Å². The van der Waals surface area contributed by atoms with E-state index < -0.39 is 5.60 Å². The maximum absolute atomic E-state index is 11.8. The van der Waals surface area contributed by atoms with Gasteiger partial charge in [-0.15, -0.1) is 0 Å². The molecule has 1 N–H and O–H groups in total. The van der Waals surface area contributed by atoms with Gasteiger partial charge in [0.05, 0.1) is 7.11 Å². The molecule has 0 aromatic heterocycles. The predicted octanol–water partition coefficient (Wildman–Crippen LogP) is 5.22. The third kappa shape index (κ3) is 2.29. The smallest absolute Gasteiger partial charge is 0.119 e. The van der Waals surface area contributed by atoms with Crippen LogP contribution in [0.15, 0.2) is 60.7 Å². The average Bonchev–Trinajstić information content (AvgIpc) is 3.00. The molecule has 2 nitrogen and oxygen atoms in total. The summed E-state index contributed by atoms with van der Waals surface area (Å²) in [6.45, 7) is 2.31. The van der Waals surface area contributed by atoms with Crippen molar-refractivity contribution in [1.29, 1.82) is 0 Å². The van der Waals surface area contributed by atoms with E-state index in [0.717, 1.165) is 30.6 Å². The Labute approximate surface area is 161 Å². The number of aliphatic hydroxyl groups is 1. The Morgan fingerprint density at radius 3 is 2.67 bits per heavy atom. The molecule has 0 heterocycles. The zero-order valence-corrected chi connectivity index (χ0v) is 16.2. The van der Waals surface area contributed by atoms with Gasteiger partial charge in [-0.2, -0.15) is 0 Å². The highest BCUT2D eigenvalue weighted by Crippen LogP contribution is 2.64. The van der Waals surface area contributed by atoms with E-state index in [1.54, 1.807) is 7.11 Å². The highest BCUT2D eigenvalue weighted by atomic mass is 16.5. The minimum atomic E-state index is -0.857. The number of methoxy groups -OCH3 is 1. The lowest BCUT2D eigenvalue weighted by Crippen LogP contribution is -2.49. The Bertz CT molecular complexity index is 886. The molecule has 2 heteroatoms. The Kier molecular flexibility index (Phi) is 3.77. The number of aryl methyl sites for hydroxylation is 1. The molecule has 0 spiro atoms. The summed E-state index contributed by atoms with van der Waals surface area (Å²) in [6.07, 6.45) is 8.92. The number of hydrogen-bond acceptors (Lipinski definition) is 2. The molecule has 0 aliphatic heterocycles. The van der Waals surface area contributed by atoms with Gasteiger partial charge in [-0.1, -0.05) is 55.5 Å². The lowest BCUT2D eigenvalue weighted by Gasteiger charge is -2.53. The van der Waals surface area contributed by atoms with E-state index in [2.05, 4.69) is 49.4 Å². The van der Waals surface area contributed by atoms with Crippen LogP contribution in [0.5, 0.6) is 5.75 Å². The lowest BCUT2D eigenvalue weighted by molar-refractivity contribution is -0.0908. The summed E-state index contributed by atoms with van der Waals surface area (Å²) in [4.78, 5) is 0. The quantitative estimate of drug-likeness (QED) is 0.745. The van der Waals surface area contributed by atoms with Crippen molar-refractivity contribution in [3.63, 3.8) is 0 Å². The topological polar surface area (TPSA) is 29.5 Å². The van der Waals surface area contributed by atoms with E-state index in [0.29, 0.717) is 17.8 Å². The van der Waals surface area contributed by atoms with E-state index in [4.69, 9.17) is 4.74 Å². The molecule has 0 radical (unpaired) electrons. The first-order valence-corrected chi connectivity index (χ1v) is 10.2. The maximum atomic E-state index is 11.8. The average molecular weight is 360 g/mol. The van der Waals surface area contributed by atoms with Gasteiger partial charge in [0.1, 0.15) is 11.4 Å². The first kappa shape index (κ1) is 17.1. The summed E-state index contributed by atoms with van der Waals surface area (Å²) in [7, 11) is 1.74. The normalized spacial score (nSPS) is 36.6. The second-order valence-corrected chi connectivity index (χ2v) is 8.85. The molecule has 0 saturated heterocycles. The van der Waals surface area contributed by atoms with Crippen LogP contribution in [-0.2, 0) is 12.0 Å². The molecule has 3 aliphatic rings. The number of allylic oxidation sites excluding steroid dienone is 1. The fraction of sp³-hybridized carbons (Fsp3) is 0.440. The Balaban J connectivity index is 1.51. The molecule has 5 atom stereocenters.